The Morgan fingerprint density at radius 1 is 1.47 bits per heavy atom. The fourth-order valence-corrected chi connectivity index (χ4v) is 2.49. The molecule has 98 valence electrons. The standard InChI is InChI=1S/C14H14N2O3/c17-14(18)13-8-10(19-16-13)7-12-11-4-2-1-3-9(11)5-6-15-12/h1-4,8,12,15H,5-7H2,(H,17,18). The molecule has 0 amide bonds. The van der Waals surface area contributed by atoms with Crippen LogP contribution in [-0.4, -0.2) is 22.8 Å². The maximum Gasteiger partial charge on any atom is 0.358 e. The molecule has 1 atom stereocenters. The van der Waals surface area contributed by atoms with Gasteiger partial charge in [0.05, 0.1) is 0 Å². The highest BCUT2D eigenvalue weighted by Gasteiger charge is 2.21. The molecule has 0 fully saturated rings. The number of aromatic carboxylic acids is 1. The summed E-state index contributed by atoms with van der Waals surface area (Å²) in [5.74, 6) is -0.474. The van der Waals surface area contributed by atoms with E-state index in [4.69, 9.17) is 9.63 Å². The highest BCUT2D eigenvalue weighted by molar-refractivity contribution is 5.85. The van der Waals surface area contributed by atoms with Crippen LogP contribution in [0.15, 0.2) is 34.9 Å². The van der Waals surface area contributed by atoms with Gasteiger partial charge in [-0.3, -0.25) is 0 Å². The quantitative estimate of drug-likeness (QED) is 0.878. The van der Waals surface area contributed by atoms with Crippen LogP contribution >= 0.6 is 0 Å². The Bertz CT molecular complexity index is 606. The minimum absolute atomic E-state index is 0.0425. The number of fused-ring (bicyclic) bond motifs is 1. The van der Waals surface area contributed by atoms with Crippen molar-refractivity contribution in [2.24, 2.45) is 0 Å². The second-order valence-electron chi connectivity index (χ2n) is 4.64. The Morgan fingerprint density at radius 3 is 3.11 bits per heavy atom. The molecule has 0 spiro atoms. The van der Waals surface area contributed by atoms with Crippen LogP contribution in [-0.2, 0) is 12.8 Å². The van der Waals surface area contributed by atoms with Gasteiger partial charge in [-0.25, -0.2) is 4.79 Å². The molecule has 5 heteroatoms. The van der Waals surface area contributed by atoms with Crippen LogP contribution < -0.4 is 5.32 Å². The molecular formula is C14H14N2O3. The summed E-state index contributed by atoms with van der Waals surface area (Å²) in [5, 5.41) is 15.8. The number of rotatable bonds is 3. The largest absolute Gasteiger partial charge is 0.476 e. The summed E-state index contributed by atoms with van der Waals surface area (Å²) >= 11 is 0. The molecule has 1 aliphatic heterocycles. The van der Waals surface area contributed by atoms with Crippen molar-refractivity contribution >= 4 is 5.97 Å². The molecule has 1 aromatic carbocycles. The third-order valence-corrected chi connectivity index (χ3v) is 3.40. The van der Waals surface area contributed by atoms with E-state index in [0.29, 0.717) is 12.2 Å². The number of carbonyl (C=O) groups is 1. The lowest BCUT2D eigenvalue weighted by Crippen LogP contribution is -2.31. The summed E-state index contributed by atoms with van der Waals surface area (Å²) in [6.45, 7) is 0.918. The average molecular weight is 258 g/mol. The highest BCUT2D eigenvalue weighted by atomic mass is 16.5. The molecule has 0 aliphatic carbocycles. The van der Waals surface area contributed by atoms with Crippen molar-refractivity contribution in [3.8, 4) is 0 Å². The molecule has 2 heterocycles. The van der Waals surface area contributed by atoms with Crippen LogP contribution in [0.2, 0.25) is 0 Å². The Hall–Kier alpha value is -2.14. The van der Waals surface area contributed by atoms with Gasteiger partial charge in [-0.1, -0.05) is 29.4 Å². The molecule has 1 aliphatic rings. The average Bonchev–Trinajstić information content (AvgIpc) is 2.88. The second-order valence-corrected chi connectivity index (χ2v) is 4.64. The molecule has 19 heavy (non-hydrogen) atoms. The van der Waals surface area contributed by atoms with Crippen molar-refractivity contribution in [3.05, 3.63) is 52.9 Å². The van der Waals surface area contributed by atoms with Gasteiger partial charge in [-0.15, -0.1) is 0 Å². The molecule has 2 aromatic rings. The first-order valence-electron chi connectivity index (χ1n) is 6.24. The second kappa shape index (κ2) is 4.85. The van der Waals surface area contributed by atoms with Gasteiger partial charge in [-0.05, 0) is 24.1 Å². The maximum absolute atomic E-state index is 10.8. The number of benzene rings is 1. The molecule has 1 unspecified atom stereocenters. The molecule has 0 saturated heterocycles. The first-order chi connectivity index (χ1) is 9.24. The lowest BCUT2D eigenvalue weighted by atomic mass is 9.92. The van der Waals surface area contributed by atoms with Crippen molar-refractivity contribution in [3.63, 3.8) is 0 Å². The van der Waals surface area contributed by atoms with Gasteiger partial charge in [0.2, 0.25) is 0 Å². The molecule has 0 bridgehead atoms. The number of hydrogen-bond donors (Lipinski definition) is 2. The molecule has 5 nitrogen and oxygen atoms in total. The number of nitrogens with one attached hydrogen (secondary N) is 1. The monoisotopic (exact) mass is 258 g/mol. The molecule has 2 N–H and O–H groups in total. The highest BCUT2D eigenvalue weighted by Crippen LogP contribution is 2.25. The van der Waals surface area contributed by atoms with Gasteiger partial charge in [0.25, 0.3) is 0 Å². The number of hydrogen-bond acceptors (Lipinski definition) is 4. The van der Waals surface area contributed by atoms with Gasteiger partial charge >= 0.3 is 5.97 Å². The summed E-state index contributed by atoms with van der Waals surface area (Å²) in [5.41, 5.74) is 2.55. The minimum Gasteiger partial charge on any atom is -0.476 e. The lowest BCUT2D eigenvalue weighted by Gasteiger charge is -2.26. The molecule has 1 aromatic heterocycles. The number of nitrogens with zero attached hydrogens (tertiary/aromatic N) is 1. The van der Waals surface area contributed by atoms with Gasteiger partial charge in [0.15, 0.2) is 5.69 Å². The predicted octanol–water partition coefficient (Wildman–Crippen LogP) is 1.80. The van der Waals surface area contributed by atoms with E-state index in [1.54, 1.807) is 0 Å². The van der Waals surface area contributed by atoms with E-state index < -0.39 is 5.97 Å². The molecule has 0 radical (unpaired) electrons. The van der Waals surface area contributed by atoms with E-state index in [0.717, 1.165) is 13.0 Å². The zero-order valence-electron chi connectivity index (χ0n) is 10.3. The van der Waals surface area contributed by atoms with E-state index >= 15 is 0 Å². The minimum atomic E-state index is -1.06. The SMILES string of the molecule is O=C(O)c1cc(CC2NCCc3ccccc32)on1. The summed E-state index contributed by atoms with van der Waals surface area (Å²) in [6.07, 6.45) is 1.63. The summed E-state index contributed by atoms with van der Waals surface area (Å²) in [6, 6.07) is 9.92. The fourth-order valence-electron chi connectivity index (χ4n) is 2.49. The number of carboxylic acids is 1. The van der Waals surface area contributed by atoms with E-state index in [2.05, 4.69) is 22.6 Å². The van der Waals surface area contributed by atoms with Crippen molar-refractivity contribution in [1.82, 2.24) is 10.5 Å². The Kier molecular flexibility index (Phi) is 3.05. The zero-order chi connectivity index (χ0) is 13.2. The van der Waals surface area contributed by atoms with Crippen LogP contribution in [0.5, 0.6) is 0 Å². The van der Waals surface area contributed by atoms with Crippen LogP contribution in [0.4, 0.5) is 0 Å². The number of carboxylic acid groups (broad SMARTS) is 1. The van der Waals surface area contributed by atoms with Gasteiger partial charge < -0.3 is 14.9 Å². The van der Waals surface area contributed by atoms with E-state index in [1.165, 1.54) is 17.2 Å². The van der Waals surface area contributed by atoms with Crippen LogP contribution in [0.1, 0.15) is 33.4 Å². The smallest absolute Gasteiger partial charge is 0.358 e. The van der Waals surface area contributed by atoms with Gasteiger partial charge in [0.1, 0.15) is 5.76 Å². The fraction of sp³-hybridized carbons (Fsp3) is 0.286. The predicted molar refractivity (Wildman–Crippen MR) is 68.1 cm³/mol. The Labute approximate surface area is 110 Å². The van der Waals surface area contributed by atoms with E-state index in [9.17, 15) is 4.79 Å². The van der Waals surface area contributed by atoms with Crippen molar-refractivity contribution in [2.45, 2.75) is 18.9 Å². The van der Waals surface area contributed by atoms with Crippen molar-refractivity contribution < 1.29 is 14.4 Å². The van der Waals surface area contributed by atoms with E-state index in [1.807, 2.05) is 12.1 Å². The molecular weight excluding hydrogens is 244 g/mol. The number of aromatic nitrogens is 1. The Balaban J connectivity index is 1.82. The topological polar surface area (TPSA) is 75.4 Å². The van der Waals surface area contributed by atoms with Gasteiger partial charge in [0, 0.05) is 18.5 Å². The third-order valence-electron chi connectivity index (χ3n) is 3.40. The molecule has 3 rings (SSSR count). The Morgan fingerprint density at radius 2 is 2.32 bits per heavy atom. The lowest BCUT2D eigenvalue weighted by molar-refractivity contribution is 0.0685. The van der Waals surface area contributed by atoms with E-state index in [-0.39, 0.29) is 11.7 Å². The summed E-state index contributed by atoms with van der Waals surface area (Å²) in [7, 11) is 0. The third kappa shape index (κ3) is 2.37. The van der Waals surface area contributed by atoms with Crippen molar-refractivity contribution in [2.75, 3.05) is 6.54 Å². The maximum atomic E-state index is 10.8. The first-order valence-corrected chi connectivity index (χ1v) is 6.24. The van der Waals surface area contributed by atoms with Crippen LogP contribution in [0.3, 0.4) is 0 Å². The summed E-state index contributed by atoms with van der Waals surface area (Å²) in [4.78, 5) is 10.8. The van der Waals surface area contributed by atoms with Crippen molar-refractivity contribution in [1.29, 1.82) is 0 Å². The van der Waals surface area contributed by atoms with Gasteiger partial charge in [-0.2, -0.15) is 0 Å². The summed E-state index contributed by atoms with van der Waals surface area (Å²) < 4.78 is 5.07. The van der Waals surface area contributed by atoms with Crippen LogP contribution in [0, 0.1) is 0 Å². The van der Waals surface area contributed by atoms with Crippen LogP contribution in [0.25, 0.3) is 0 Å². The molecule has 0 saturated carbocycles. The zero-order valence-corrected chi connectivity index (χ0v) is 10.3. The first kappa shape index (κ1) is 11.9. The normalized spacial score (nSPS) is 18.0.